The first-order valence-electron chi connectivity index (χ1n) is 15.7. The zero-order valence-corrected chi connectivity index (χ0v) is 26.3. The van der Waals surface area contributed by atoms with Crippen LogP contribution in [0.5, 0.6) is 11.5 Å². The fraction of sp³-hybridized carbons (Fsp3) is 0.444. The Morgan fingerprint density at radius 1 is 1.07 bits per heavy atom. The molecule has 0 spiro atoms. The number of carbonyl (C=O) groups excluding carboxylic acids is 1. The third-order valence-electron chi connectivity index (χ3n) is 8.78. The lowest BCUT2D eigenvalue weighted by Crippen LogP contribution is -2.41. The van der Waals surface area contributed by atoms with Gasteiger partial charge in [-0.2, -0.15) is 5.26 Å². The Hall–Kier alpha value is -4.58. The van der Waals surface area contributed by atoms with Gasteiger partial charge in [0.15, 0.2) is 0 Å². The Morgan fingerprint density at radius 2 is 1.84 bits per heavy atom. The van der Waals surface area contributed by atoms with E-state index in [4.69, 9.17) is 9.47 Å². The number of amides is 1. The molecule has 1 unspecified atom stereocenters. The SMILES string of the molecule is COc1ccc(C(=O)N(CC(C)(C)C#N)c2ccccn2)c(N2CCC(COc3cccc(C(CC(=O)O)C4CC4)c3)CC2)c1. The number of pyridine rings is 1. The van der Waals surface area contributed by atoms with Crippen LogP contribution in [0.3, 0.4) is 0 Å². The van der Waals surface area contributed by atoms with Crippen molar-refractivity contribution in [3.63, 3.8) is 0 Å². The average molecular weight is 611 g/mol. The summed E-state index contributed by atoms with van der Waals surface area (Å²) in [6.07, 6.45) is 5.74. The zero-order valence-electron chi connectivity index (χ0n) is 26.3. The summed E-state index contributed by atoms with van der Waals surface area (Å²) in [6.45, 7) is 5.90. The van der Waals surface area contributed by atoms with Crippen LogP contribution in [0.2, 0.25) is 0 Å². The smallest absolute Gasteiger partial charge is 0.303 e. The molecule has 1 atom stereocenters. The van der Waals surface area contributed by atoms with Gasteiger partial charge in [-0.25, -0.2) is 4.98 Å². The van der Waals surface area contributed by atoms with Crippen LogP contribution in [0.1, 0.15) is 67.8 Å². The molecule has 9 heteroatoms. The summed E-state index contributed by atoms with van der Waals surface area (Å²) in [5.74, 6) is 1.79. The third kappa shape index (κ3) is 8.13. The van der Waals surface area contributed by atoms with Gasteiger partial charge < -0.3 is 19.5 Å². The highest BCUT2D eigenvalue weighted by Crippen LogP contribution is 2.45. The van der Waals surface area contributed by atoms with Crippen LogP contribution in [-0.4, -0.2) is 55.3 Å². The molecule has 0 bridgehead atoms. The molecule has 2 heterocycles. The normalized spacial score (nSPS) is 16.0. The van der Waals surface area contributed by atoms with Crippen molar-refractivity contribution in [2.24, 2.45) is 17.3 Å². The summed E-state index contributed by atoms with van der Waals surface area (Å²) in [7, 11) is 1.61. The maximum atomic E-state index is 14.2. The zero-order chi connectivity index (χ0) is 32.0. The van der Waals surface area contributed by atoms with Gasteiger partial charge in [0, 0.05) is 31.9 Å². The maximum absolute atomic E-state index is 14.2. The first kappa shape index (κ1) is 31.8. The molecular weight excluding hydrogens is 568 g/mol. The van der Waals surface area contributed by atoms with E-state index >= 15 is 0 Å². The molecule has 1 aliphatic heterocycles. The summed E-state index contributed by atoms with van der Waals surface area (Å²) >= 11 is 0. The van der Waals surface area contributed by atoms with E-state index < -0.39 is 11.4 Å². The van der Waals surface area contributed by atoms with Gasteiger partial charge in [-0.3, -0.25) is 14.5 Å². The van der Waals surface area contributed by atoms with E-state index in [0.717, 1.165) is 55.8 Å². The van der Waals surface area contributed by atoms with Crippen molar-refractivity contribution < 1.29 is 24.2 Å². The van der Waals surface area contributed by atoms with Crippen LogP contribution in [0.15, 0.2) is 66.9 Å². The predicted octanol–water partition coefficient (Wildman–Crippen LogP) is 6.55. The predicted molar refractivity (Wildman–Crippen MR) is 173 cm³/mol. The Bertz CT molecular complexity index is 1520. The molecule has 1 aromatic heterocycles. The van der Waals surface area contributed by atoms with Gasteiger partial charge in [0.1, 0.15) is 17.3 Å². The molecule has 236 valence electrons. The number of anilines is 2. The van der Waals surface area contributed by atoms with Gasteiger partial charge in [-0.15, -0.1) is 0 Å². The molecule has 1 saturated heterocycles. The first-order chi connectivity index (χ1) is 21.7. The molecule has 1 N–H and O–H groups in total. The Balaban J connectivity index is 1.27. The molecule has 1 amide bonds. The minimum Gasteiger partial charge on any atom is -0.497 e. The van der Waals surface area contributed by atoms with Crippen LogP contribution in [-0.2, 0) is 4.79 Å². The summed E-state index contributed by atoms with van der Waals surface area (Å²) in [5.41, 5.74) is 1.60. The molecule has 1 saturated carbocycles. The standard InChI is InChI=1S/C36H42N4O5/c1-36(2,23-37)24-40(33-9-4-5-16-38-33)35(43)30-13-12-28(44-3)20-32(30)39-17-14-25(15-18-39)22-45-29-8-6-7-27(19-29)31(21-34(41)42)26-10-11-26/h4-9,12-13,16,19-20,25-26,31H,10-11,14-15,17-18,21-22,24H2,1-3H3,(H,41,42). The number of carbonyl (C=O) groups is 2. The van der Waals surface area contributed by atoms with Gasteiger partial charge in [0.2, 0.25) is 0 Å². The molecule has 2 aliphatic rings. The lowest BCUT2D eigenvalue weighted by molar-refractivity contribution is -0.137. The van der Waals surface area contributed by atoms with Gasteiger partial charge in [0.25, 0.3) is 5.91 Å². The highest BCUT2D eigenvalue weighted by atomic mass is 16.5. The van der Waals surface area contributed by atoms with Crippen molar-refractivity contribution in [1.29, 1.82) is 5.26 Å². The topological polar surface area (TPSA) is 116 Å². The molecule has 2 aromatic carbocycles. The number of aromatic nitrogens is 1. The number of nitriles is 1. The van der Waals surface area contributed by atoms with E-state index in [-0.39, 0.29) is 24.8 Å². The van der Waals surface area contributed by atoms with E-state index in [1.54, 1.807) is 42.5 Å². The number of hydrogen-bond acceptors (Lipinski definition) is 7. The molecule has 9 nitrogen and oxygen atoms in total. The van der Waals surface area contributed by atoms with Gasteiger partial charge in [-0.05, 0) is 99.2 Å². The van der Waals surface area contributed by atoms with Crippen molar-refractivity contribution >= 4 is 23.4 Å². The van der Waals surface area contributed by atoms with Crippen molar-refractivity contribution in [3.05, 3.63) is 78.0 Å². The van der Waals surface area contributed by atoms with Gasteiger partial charge >= 0.3 is 5.97 Å². The number of rotatable bonds is 13. The van der Waals surface area contributed by atoms with Crippen molar-refractivity contribution in [3.8, 4) is 17.6 Å². The van der Waals surface area contributed by atoms with E-state index in [2.05, 4.69) is 16.0 Å². The lowest BCUT2D eigenvalue weighted by atomic mass is 9.91. The summed E-state index contributed by atoms with van der Waals surface area (Å²) in [4.78, 5) is 33.9. The minimum atomic E-state index is -0.771. The fourth-order valence-electron chi connectivity index (χ4n) is 6.06. The number of ether oxygens (including phenoxy) is 2. The highest BCUT2D eigenvalue weighted by molar-refractivity contribution is 6.09. The Kier molecular flexibility index (Phi) is 9.92. The van der Waals surface area contributed by atoms with Crippen molar-refractivity contribution in [1.82, 2.24) is 4.98 Å². The second kappa shape index (κ2) is 14.0. The molecule has 5 rings (SSSR count). The first-order valence-corrected chi connectivity index (χ1v) is 15.7. The third-order valence-corrected chi connectivity index (χ3v) is 8.78. The van der Waals surface area contributed by atoms with Crippen LogP contribution in [0.25, 0.3) is 0 Å². The van der Waals surface area contributed by atoms with Gasteiger partial charge in [-0.1, -0.05) is 18.2 Å². The molecular formula is C36H42N4O5. The molecule has 2 fully saturated rings. The molecule has 45 heavy (non-hydrogen) atoms. The second-order valence-electron chi connectivity index (χ2n) is 12.8. The number of piperidine rings is 1. The monoisotopic (exact) mass is 610 g/mol. The number of carboxylic acid groups (broad SMARTS) is 1. The molecule has 1 aliphatic carbocycles. The number of hydrogen-bond donors (Lipinski definition) is 1. The van der Waals surface area contributed by atoms with Crippen LogP contribution >= 0.6 is 0 Å². The lowest BCUT2D eigenvalue weighted by Gasteiger charge is -2.35. The summed E-state index contributed by atoms with van der Waals surface area (Å²) in [5, 5.41) is 19.1. The van der Waals surface area contributed by atoms with E-state index in [1.807, 2.05) is 50.2 Å². The van der Waals surface area contributed by atoms with E-state index in [1.165, 1.54) is 0 Å². The second-order valence-corrected chi connectivity index (χ2v) is 12.8. The van der Waals surface area contributed by atoms with E-state index in [0.29, 0.717) is 35.6 Å². The number of aliphatic carboxylic acids is 1. The number of benzene rings is 2. The average Bonchev–Trinajstić information content (AvgIpc) is 3.91. The van der Waals surface area contributed by atoms with E-state index in [9.17, 15) is 20.0 Å². The molecule has 3 aromatic rings. The summed E-state index contributed by atoms with van der Waals surface area (Å²) < 4.78 is 11.8. The Labute approximate surface area is 265 Å². The van der Waals surface area contributed by atoms with Crippen molar-refractivity contribution in [2.45, 2.75) is 51.9 Å². The number of carboxylic acids is 1. The van der Waals surface area contributed by atoms with Crippen LogP contribution < -0.4 is 19.3 Å². The number of nitrogens with zero attached hydrogens (tertiary/aromatic N) is 4. The van der Waals surface area contributed by atoms with Crippen molar-refractivity contribution in [2.75, 3.05) is 43.2 Å². The largest absolute Gasteiger partial charge is 0.497 e. The maximum Gasteiger partial charge on any atom is 0.303 e. The molecule has 0 radical (unpaired) electrons. The Morgan fingerprint density at radius 3 is 2.49 bits per heavy atom. The quantitative estimate of drug-likeness (QED) is 0.232. The number of methoxy groups -OCH3 is 1. The highest BCUT2D eigenvalue weighted by Gasteiger charge is 2.34. The van der Waals surface area contributed by atoms with Crippen LogP contribution in [0.4, 0.5) is 11.5 Å². The van der Waals surface area contributed by atoms with Gasteiger partial charge in [0.05, 0.1) is 42.9 Å². The van der Waals surface area contributed by atoms with Crippen LogP contribution in [0, 0.1) is 28.6 Å². The minimum absolute atomic E-state index is 0.0358. The fourth-order valence-corrected chi connectivity index (χ4v) is 6.06. The summed E-state index contributed by atoms with van der Waals surface area (Å²) in [6, 6.07) is 21.2.